The molecule has 0 bridgehead atoms. The van der Waals surface area contributed by atoms with Gasteiger partial charge in [0.2, 0.25) is 0 Å². The van der Waals surface area contributed by atoms with Crippen LogP contribution in [0.1, 0.15) is 12.0 Å². The second kappa shape index (κ2) is 7.84. The summed E-state index contributed by atoms with van der Waals surface area (Å²) in [6.07, 6.45) is 2.84. The number of imide groups is 1. The van der Waals surface area contributed by atoms with Crippen molar-refractivity contribution in [3.05, 3.63) is 70.3 Å². The standard InChI is InChI=1S/C21H19N3O5/c25-20-13-29-14-21(26)23(20)17-6-7-18(19(12-17)24(27)28)22-10-8-16(9-11-22)15-4-2-1-3-5-15/h1-8,12H,9-11,13-14H2. The van der Waals surface area contributed by atoms with Gasteiger partial charge in [0.25, 0.3) is 17.5 Å². The number of anilines is 2. The first-order chi connectivity index (χ1) is 14.0. The molecule has 1 saturated heterocycles. The molecule has 2 aliphatic heterocycles. The molecular weight excluding hydrogens is 374 g/mol. The highest BCUT2D eigenvalue weighted by Gasteiger charge is 2.31. The Labute approximate surface area is 167 Å². The van der Waals surface area contributed by atoms with Crippen molar-refractivity contribution in [3.8, 4) is 0 Å². The summed E-state index contributed by atoms with van der Waals surface area (Å²) < 4.78 is 4.90. The highest BCUT2D eigenvalue weighted by atomic mass is 16.6. The maximum Gasteiger partial charge on any atom is 0.294 e. The third kappa shape index (κ3) is 3.74. The predicted molar refractivity (Wildman–Crippen MR) is 108 cm³/mol. The van der Waals surface area contributed by atoms with E-state index in [0.29, 0.717) is 18.8 Å². The molecule has 2 aliphatic rings. The zero-order valence-electron chi connectivity index (χ0n) is 15.6. The number of morpholine rings is 1. The summed E-state index contributed by atoms with van der Waals surface area (Å²) in [5.41, 5.74) is 2.89. The van der Waals surface area contributed by atoms with Crippen molar-refractivity contribution in [2.45, 2.75) is 6.42 Å². The molecule has 0 radical (unpaired) electrons. The fourth-order valence-corrected chi connectivity index (χ4v) is 3.65. The van der Waals surface area contributed by atoms with Crippen molar-refractivity contribution < 1.29 is 19.2 Å². The maximum absolute atomic E-state index is 12.0. The van der Waals surface area contributed by atoms with Gasteiger partial charge in [0.15, 0.2) is 0 Å². The van der Waals surface area contributed by atoms with Crippen molar-refractivity contribution in [2.75, 3.05) is 36.1 Å². The molecule has 4 rings (SSSR count). The minimum absolute atomic E-state index is 0.133. The van der Waals surface area contributed by atoms with Crippen LogP contribution in [0.5, 0.6) is 0 Å². The molecule has 0 unspecified atom stereocenters. The molecule has 8 nitrogen and oxygen atoms in total. The van der Waals surface area contributed by atoms with Crippen molar-refractivity contribution >= 4 is 34.4 Å². The lowest BCUT2D eigenvalue weighted by atomic mass is 9.99. The average molecular weight is 393 g/mol. The van der Waals surface area contributed by atoms with Crippen LogP contribution in [0.15, 0.2) is 54.6 Å². The van der Waals surface area contributed by atoms with Gasteiger partial charge in [-0.25, -0.2) is 4.90 Å². The Morgan fingerprint density at radius 3 is 2.34 bits per heavy atom. The lowest BCUT2D eigenvalue weighted by Crippen LogP contribution is -2.46. The van der Waals surface area contributed by atoms with Crippen LogP contribution in [0.4, 0.5) is 17.1 Å². The van der Waals surface area contributed by atoms with E-state index in [1.54, 1.807) is 12.1 Å². The largest absolute Gasteiger partial charge is 0.362 e. The van der Waals surface area contributed by atoms with Gasteiger partial charge in [0.1, 0.15) is 18.9 Å². The number of hydrogen-bond donors (Lipinski definition) is 0. The Morgan fingerprint density at radius 2 is 1.72 bits per heavy atom. The van der Waals surface area contributed by atoms with E-state index in [1.165, 1.54) is 11.6 Å². The Kier molecular flexibility index (Phi) is 5.09. The maximum atomic E-state index is 12.0. The van der Waals surface area contributed by atoms with E-state index >= 15 is 0 Å². The fourth-order valence-electron chi connectivity index (χ4n) is 3.65. The minimum atomic E-state index is -0.531. The van der Waals surface area contributed by atoms with E-state index in [9.17, 15) is 19.7 Å². The van der Waals surface area contributed by atoms with E-state index in [2.05, 4.69) is 18.2 Å². The van der Waals surface area contributed by atoms with Gasteiger partial charge >= 0.3 is 0 Å². The summed E-state index contributed by atoms with van der Waals surface area (Å²) in [5.74, 6) is -1.06. The number of amides is 2. The predicted octanol–water partition coefficient (Wildman–Crippen LogP) is 2.78. The number of nitro benzene ring substituents is 1. The summed E-state index contributed by atoms with van der Waals surface area (Å²) in [6.45, 7) is 0.733. The molecule has 0 N–H and O–H groups in total. The van der Waals surface area contributed by atoms with Crippen LogP contribution in [0.3, 0.4) is 0 Å². The molecule has 2 heterocycles. The summed E-state index contributed by atoms with van der Waals surface area (Å²) in [4.78, 5) is 38.2. The van der Waals surface area contributed by atoms with Gasteiger partial charge in [-0.15, -0.1) is 0 Å². The summed E-state index contributed by atoms with van der Waals surface area (Å²) in [6, 6.07) is 14.5. The van der Waals surface area contributed by atoms with Crippen molar-refractivity contribution in [1.29, 1.82) is 0 Å². The normalized spacial score (nSPS) is 17.3. The van der Waals surface area contributed by atoms with Gasteiger partial charge < -0.3 is 9.64 Å². The molecule has 8 heteroatoms. The smallest absolute Gasteiger partial charge is 0.294 e. The Bertz CT molecular complexity index is 987. The fraction of sp³-hybridized carbons (Fsp3) is 0.238. The van der Waals surface area contributed by atoms with Crippen LogP contribution in [0.25, 0.3) is 5.57 Å². The third-order valence-electron chi connectivity index (χ3n) is 5.06. The minimum Gasteiger partial charge on any atom is -0.362 e. The van der Waals surface area contributed by atoms with E-state index in [4.69, 9.17) is 4.74 Å². The lowest BCUT2D eigenvalue weighted by Gasteiger charge is -2.29. The first-order valence-corrected chi connectivity index (χ1v) is 9.26. The summed E-state index contributed by atoms with van der Waals surface area (Å²) in [5, 5.41) is 11.7. The lowest BCUT2D eigenvalue weighted by molar-refractivity contribution is -0.384. The van der Waals surface area contributed by atoms with E-state index in [1.807, 2.05) is 23.1 Å². The number of carbonyl (C=O) groups is 2. The first-order valence-electron chi connectivity index (χ1n) is 9.26. The van der Waals surface area contributed by atoms with Crippen LogP contribution in [-0.2, 0) is 14.3 Å². The topological polar surface area (TPSA) is 93.0 Å². The number of nitro groups is 1. The molecule has 0 atom stereocenters. The molecule has 0 spiro atoms. The van der Waals surface area contributed by atoms with Crippen LogP contribution < -0.4 is 9.80 Å². The van der Waals surface area contributed by atoms with Crippen molar-refractivity contribution in [3.63, 3.8) is 0 Å². The molecule has 0 saturated carbocycles. The summed E-state index contributed by atoms with van der Waals surface area (Å²) >= 11 is 0. The van der Waals surface area contributed by atoms with Gasteiger partial charge in [-0.3, -0.25) is 19.7 Å². The SMILES string of the molecule is O=C1COCC(=O)N1c1ccc(N2CC=C(c3ccccc3)CC2)c([N+](=O)[O-])c1. The molecular formula is C21H19N3O5. The van der Waals surface area contributed by atoms with Gasteiger partial charge in [-0.05, 0) is 29.7 Å². The Balaban J connectivity index is 1.61. The van der Waals surface area contributed by atoms with Gasteiger partial charge in [-0.2, -0.15) is 0 Å². The zero-order valence-corrected chi connectivity index (χ0v) is 15.6. The molecule has 1 fully saturated rings. The van der Waals surface area contributed by atoms with Crippen molar-refractivity contribution in [1.82, 2.24) is 0 Å². The zero-order chi connectivity index (χ0) is 20.4. The summed E-state index contributed by atoms with van der Waals surface area (Å²) in [7, 11) is 0. The molecule has 0 aliphatic carbocycles. The second-order valence-corrected chi connectivity index (χ2v) is 6.84. The first kappa shape index (κ1) is 18.8. The highest BCUT2D eigenvalue weighted by molar-refractivity contribution is 6.17. The quantitative estimate of drug-likeness (QED) is 0.451. The number of nitrogens with zero attached hydrogens (tertiary/aromatic N) is 3. The second-order valence-electron chi connectivity index (χ2n) is 6.84. The molecule has 29 heavy (non-hydrogen) atoms. The van der Waals surface area contributed by atoms with Crippen LogP contribution >= 0.6 is 0 Å². The van der Waals surface area contributed by atoms with Gasteiger partial charge in [0.05, 0.1) is 10.6 Å². The van der Waals surface area contributed by atoms with E-state index in [0.717, 1.165) is 16.9 Å². The van der Waals surface area contributed by atoms with E-state index in [-0.39, 0.29) is 24.6 Å². The Hall–Kier alpha value is -3.52. The third-order valence-corrected chi connectivity index (χ3v) is 5.06. The molecule has 0 aromatic heterocycles. The number of benzene rings is 2. The number of rotatable bonds is 4. The molecule has 2 aromatic rings. The molecule has 148 valence electrons. The van der Waals surface area contributed by atoms with Crippen LogP contribution in [-0.4, -0.2) is 43.0 Å². The molecule has 2 amide bonds. The number of hydrogen-bond acceptors (Lipinski definition) is 6. The average Bonchev–Trinajstić information content (AvgIpc) is 2.74. The van der Waals surface area contributed by atoms with Crippen molar-refractivity contribution in [2.24, 2.45) is 0 Å². The van der Waals surface area contributed by atoms with Crippen LogP contribution in [0, 0.1) is 10.1 Å². The molecule has 2 aromatic carbocycles. The Morgan fingerprint density at radius 1 is 1.00 bits per heavy atom. The van der Waals surface area contributed by atoms with Crippen LogP contribution in [0.2, 0.25) is 0 Å². The van der Waals surface area contributed by atoms with Gasteiger partial charge in [0, 0.05) is 19.2 Å². The highest BCUT2D eigenvalue weighted by Crippen LogP contribution is 2.35. The monoisotopic (exact) mass is 393 g/mol. The van der Waals surface area contributed by atoms with Gasteiger partial charge in [-0.1, -0.05) is 36.4 Å². The number of ether oxygens (including phenoxy) is 1. The van der Waals surface area contributed by atoms with E-state index < -0.39 is 16.7 Å². The number of carbonyl (C=O) groups excluding carboxylic acids is 2.